The summed E-state index contributed by atoms with van der Waals surface area (Å²) in [5, 5.41) is 1.29. The Bertz CT molecular complexity index is 987. The Morgan fingerprint density at radius 2 is 2.00 bits per heavy atom. The van der Waals surface area contributed by atoms with Gasteiger partial charge < -0.3 is 4.74 Å². The second-order valence-corrected chi connectivity index (χ2v) is 9.02. The topological polar surface area (TPSA) is 45.7 Å². The number of carbonyl (C=O) groups excluding carboxylic acids is 1. The van der Waals surface area contributed by atoms with Crippen molar-refractivity contribution in [3.8, 4) is 0 Å². The molecule has 4 rings (SSSR count). The zero-order valence-electron chi connectivity index (χ0n) is 16.1. The van der Waals surface area contributed by atoms with Gasteiger partial charge in [0.2, 0.25) is 0 Å². The van der Waals surface area contributed by atoms with E-state index in [4.69, 9.17) is 21.3 Å². The molecule has 0 atom stereocenters. The Morgan fingerprint density at radius 3 is 2.69 bits per heavy atom. The highest BCUT2D eigenvalue weighted by atomic mass is 35.5. The van der Waals surface area contributed by atoms with E-state index < -0.39 is 0 Å². The van der Waals surface area contributed by atoms with Crippen LogP contribution in [0.2, 0.25) is 5.02 Å². The van der Waals surface area contributed by atoms with Crippen LogP contribution >= 0.6 is 34.7 Å². The molecular formula is C21H22ClN3O2S2. The number of fused-ring (bicyclic) bond motifs is 1. The number of ether oxygens (including phenoxy) is 1. The molecule has 0 radical (unpaired) electrons. The van der Waals surface area contributed by atoms with Gasteiger partial charge in [-0.1, -0.05) is 29.0 Å². The van der Waals surface area contributed by atoms with Crippen molar-refractivity contribution in [2.24, 2.45) is 0 Å². The fraction of sp³-hybridized carbons (Fsp3) is 0.333. The number of para-hydroxylation sites is 1. The van der Waals surface area contributed by atoms with Gasteiger partial charge in [0, 0.05) is 36.6 Å². The molecule has 2 aromatic carbocycles. The van der Waals surface area contributed by atoms with Crippen LogP contribution in [-0.4, -0.2) is 61.4 Å². The lowest BCUT2D eigenvalue weighted by molar-refractivity contribution is 0.0391. The summed E-state index contributed by atoms with van der Waals surface area (Å²) in [5.41, 5.74) is 1.41. The SMILES string of the molecule is CSc1ccc(C(=O)N(CCN2CCOCC2)c2nc3c(Cl)cccc3s2)cc1. The maximum Gasteiger partial charge on any atom is 0.260 e. The highest BCUT2D eigenvalue weighted by Gasteiger charge is 2.23. The van der Waals surface area contributed by atoms with Crippen LogP contribution in [0.25, 0.3) is 10.2 Å². The second-order valence-electron chi connectivity index (χ2n) is 6.72. The monoisotopic (exact) mass is 447 g/mol. The first-order valence-corrected chi connectivity index (χ1v) is 11.9. The van der Waals surface area contributed by atoms with Crippen molar-refractivity contribution in [3.63, 3.8) is 0 Å². The summed E-state index contributed by atoms with van der Waals surface area (Å²) in [6.45, 7) is 4.59. The number of rotatable bonds is 6. The molecule has 0 spiro atoms. The fourth-order valence-electron chi connectivity index (χ4n) is 3.26. The Hall–Kier alpha value is -1.64. The first-order valence-electron chi connectivity index (χ1n) is 9.47. The van der Waals surface area contributed by atoms with Crippen molar-refractivity contribution in [2.45, 2.75) is 4.90 Å². The number of halogens is 1. The number of hydrogen-bond acceptors (Lipinski definition) is 6. The van der Waals surface area contributed by atoms with Gasteiger partial charge in [0.05, 0.1) is 22.9 Å². The minimum absolute atomic E-state index is 0.0407. The molecule has 29 heavy (non-hydrogen) atoms. The van der Waals surface area contributed by atoms with Crippen molar-refractivity contribution >= 4 is 56.0 Å². The molecule has 1 aromatic heterocycles. The summed E-state index contributed by atoms with van der Waals surface area (Å²) >= 11 is 9.48. The Labute approximate surface area is 183 Å². The number of amides is 1. The lowest BCUT2D eigenvalue weighted by Crippen LogP contribution is -2.43. The van der Waals surface area contributed by atoms with E-state index >= 15 is 0 Å². The third kappa shape index (κ3) is 4.75. The quantitative estimate of drug-likeness (QED) is 0.514. The maximum absolute atomic E-state index is 13.4. The molecule has 1 amide bonds. The number of anilines is 1. The summed E-state index contributed by atoms with van der Waals surface area (Å²) in [5.74, 6) is -0.0407. The number of aromatic nitrogens is 1. The molecule has 8 heteroatoms. The molecule has 1 saturated heterocycles. The molecule has 0 saturated carbocycles. The van der Waals surface area contributed by atoms with Crippen LogP contribution in [-0.2, 0) is 4.74 Å². The van der Waals surface area contributed by atoms with Crippen molar-refractivity contribution in [1.82, 2.24) is 9.88 Å². The first kappa shape index (κ1) is 20.6. The lowest BCUT2D eigenvalue weighted by atomic mass is 10.2. The summed E-state index contributed by atoms with van der Waals surface area (Å²) in [7, 11) is 0. The average molecular weight is 448 g/mol. The molecule has 0 N–H and O–H groups in total. The molecular weight excluding hydrogens is 426 g/mol. The van der Waals surface area contributed by atoms with Gasteiger partial charge in [0.15, 0.2) is 5.13 Å². The summed E-state index contributed by atoms with van der Waals surface area (Å²) < 4.78 is 6.41. The standard InChI is InChI=1S/C21H22ClN3O2S2/c1-28-16-7-5-15(6-8-16)20(26)25(10-9-24-11-13-27-14-12-24)21-23-19-17(22)3-2-4-18(19)29-21/h2-8H,9-14H2,1H3. The van der Waals surface area contributed by atoms with Gasteiger partial charge in [-0.3, -0.25) is 14.6 Å². The van der Waals surface area contributed by atoms with Gasteiger partial charge in [-0.25, -0.2) is 4.98 Å². The number of thioether (sulfide) groups is 1. The predicted octanol–water partition coefficient (Wildman–Crippen LogP) is 4.65. The van der Waals surface area contributed by atoms with E-state index in [-0.39, 0.29) is 5.91 Å². The van der Waals surface area contributed by atoms with E-state index in [1.165, 1.54) is 11.3 Å². The Morgan fingerprint density at radius 1 is 1.24 bits per heavy atom. The smallest absolute Gasteiger partial charge is 0.260 e. The molecule has 1 aliphatic heterocycles. The Balaban J connectivity index is 1.63. The second kappa shape index (κ2) is 9.45. The molecule has 0 bridgehead atoms. The van der Waals surface area contributed by atoms with Crippen molar-refractivity contribution in [2.75, 3.05) is 50.5 Å². The molecule has 3 aromatic rings. The number of thiazole rings is 1. The van der Waals surface area contributed by atoms with Crippen LogP contribution in [0.3, 0.4) is 0 Å². The van der Waals surface area contributed by atoms with Crippen molar-refractivity contribution < 1.29 is 9.53 Å². The zero-order valence-corrected chi connectivity index (χ0v) is 18.5. The average Bonchev–Trinajstić information content (AvgIpc) is 3.20. The maximum atomic E-state index is 13.4. The number of benzene rings is 2. The minimum atomic E-state index is -0.0407. The third-order valence-electron chi connectivity index (χ3n) is 4.92. The van der Waals surface area contributed by atoms with Crippen LogP contribution in [0.5, 0.6) is 0 Å². The number of carbonyl (C=O) groups is 1. The predicted molar refractivity (Wildman–Crippen MR) is 122 cm³/mol. The zero-order chi connectivity index (χ0) is 20.2. The van der Waals surface area contributed by atoms with Gasteiger partial charge in [-0.2, -0.15) is 0 Å². The van der Waals surface area contributed by atoms with Crippen LogP contribution in [0.1, 0.15) is 10.4 Å². The van der Waals surface area contributed by atoms with Gasteiger partial charge in [-0.15, -0.1) is 11.8 Å². The summed E-state index contributed by atoms with van der Waals surface area (Å²) in [6, 6.07) is 13.5. The largest absolute Gasteiger partial charge is 0.379 e. The molecule has 1 fully saturated rings. The highest BCUT2D eigenvalue weighted by Crippen LogP contribution is 2.33. The summed E-state index contributed by atoms with van der Waals surface area (Å²) in [6.07, 6.45) is 2.02. The molecule has 1 aliphatic rings. The third-order valence-corrected chi connectivity index (χ3v) is 7.01. The normalized spacial score (nSPS) is 15.0. The fourth-order valence-corrected chi connectivity index (χ4v) is 4.96. The van der Waals surface area contributed by atoms with Crippen LogP contribution < -0.4 is 4.90 Å². The Kier molecular flexibility index (Phi) is 6.72. The molecule has 5 nitrogen and oxygen atoms in total. The van der Waals surface area contributed by atoms with Gasteiger partial charge >= 0.3 is 0 Å². The van der Waals surface area contributed by atoms with Gasteiger partial charge in [0.1, 0.15) is 5.52 Å². The van der Waals surface area contributed by atoms with Crippen molar-refractivity contribution in [1.29, 1.82) is 0 Å². The molecule has 152 valence electrons. The first-order chi connectivity index (χ1) is 14.2. The van der Waals surface area contributed by atoms with Crippen LogP contribution in [0.4, 0.5) is 5.13 Å². The van der Waals surface area contributed by atoms with Gasteiger partial charge in [-0.05, 0) is 42.7 Å². The molecule has 0 unspecified atom stereocenters. The molecule has 0 aliphatic carbocycles. The van der Waals surface area contributed by atoms with E-state index in [0.717, 1.165) is 48.0 Å². The number of hydrogen-bond donors (Lipinski definition) is 0. The number of morpholine rings is 1. The van der Waals surface area contributed by atoms with Crippen LogP contribution in [0.15, 0.2) is 47.4 Å². The van der Waals surface area contributed by atoms with E-state index in [9.17, 15) is 4.79 Å². The van der Waals surface area contributed by atoms with E-state index in [1.807, 2.05) is 48.7 Å². The summed E-state index contributed by atoms with van der Waals surface area (Å²) in [4.78, 5) is 23.3. The van der Waals surface area contributed by atoms with E-state index in [2.05, 4.69) is 4.90 Å². The highest BCUT2D eigenvalue weighted by molar-refractivity contribution is 7.98. The number of nitrogens with zero attached hydrogens (tertiary/aromatic N) is 3. The van der Waals surface area contributed by atoms with E-state index in [0.29, 0.717) is 22.3 Å². The van der Waals surface area contributed by atoms with Gasteiger partial charge in [0.25, 0.3) is 5.91 Å². The molecule has 2 heterocycles. The lowest BCUT2D eigenvalue weighted by Gasteiger charge is -2.29. The van der Waals surface area contributed by atoms with Crippen LogP contribution in [0, 0.1) is 0 Å². The minimum Gasteiger partial charge on any atom is -0.379 e. The van der Waals surface area contributed by atoms with Crippen molar-refractivity contribution in [3.05, 3.63) is 53.1 Å². The van der Waals surface area contributed by atoms with E-state index in [1.54, 1.807) is 16.7 Å².